The molecule has 1 aliphatic heterocycles. The highest BCUT2D eigenvalue weighted by Gasteiger charge is 2.27. The Kier molecular flexibility index (Phi) is 5.10. The minimum absolute atomic E-state index is 0.621. The first-order chi connectivity index (χ1) is 15.0. The van der Waals surface area contributed by atoms with Crippen molar-refractivity contribution in [1.29, 1.82) is 5.26 Å². The number of aromatic nitrogens is 2. The Morgan fingerprint density at radius 2 is 2.03 bits per heavy atom. The minimum atomic E-state index is 0.621. The minimum Gasteiger partial charge on any atom is -0.389 e. The van der Waals surface area contributed by atoms with Gasteiger partial charge >= 0.3 is 0 Å². The Morgan fingerprint density at radius 1 is 1.23 bits per heavy atom. The van der Waals surface area contributed by atoms with Gasteiger partial charge in [0.2, 0.25) is 0 Å². The maximum absolute atomic E-state index is 9.48. The van der Waals surface area contributed by atoms with Crippen molar-refractivity contribution >= 4 is 43.7 Å². The lowest BCUT2D eigenvalue weighted by atomic mass is 10.0. The smallest absolute Gasteiger partial charge is 0.146 e. The van der Waals surface area contributed by atoms with Gasteiger partial charge in [0.1, 0.15) is 27.5 Å². The average Bonchev–Trinajstić information content (AvgIpc) is 3.32. The molecule has 3 aromatic heterocycles. The molecular weight excluding hydrogens is 424 g/mol. The topological polar surface area (TPSA) is 82.1 Å². The quantitative estimate of drug-likeness (QED) is 0.497. The number of hydrogen-bond donors (Lipinski definition) is 1. The summed E-state index contributed by atoms with van der Waals surface area (Å²) < 4.78 is 0. The van der Waals surface area contributed by atoms with Crippen molar-refractivity contribution in [2.24, 2.45) is 0 Å². The Morgan fingerprint density at radius 3 is 2.77 bits per heavy atom. The molecule has 1 aromatic carbocycles. The fourth-order valence-electron chi connectivity index (χ4n) is 4.11. The zero-order valence-electron chi connectivity index (χ0n) is 17.4. The number of anilines is 2. The Hall–Kier alpha value is -2.99. The number of fused-ring (bicyclic) bond motifs is 2. The Balaban J connectivity index is 1.65. The van der Waals surface area contributed by atoms with Crippen molar-refractivity contribution in [2.45, 2.75) is 19.5 Å². The number of nitriles is 1. The third kappa shape index (κ3) is 3.55. The summed E-state index contributed by atoms with van der Waals surface area (Å²) in [6.07, 6.45) is 0.797. The molecule has 5 rings (SSSR count). The number of hydrogen-bond acceptors (Lipinski definition) is 8. The zero-order chi connectivity index (χ0) is 21.5. The van der Waals surface area contributed by atoms with Gasteiger partial charge < -0.3 is 15.5 Å². The van der Waals surface area contributed by atoms with Crippen molar-refractivity contribution in [3.05, 3.63) is 57.5 Å². The molecule has 0 saturated heterocycles. The van der Waals surface area contributed by atoms with Crippen molar-refractivity contribution < 1.29 is 0 Å². The first-order valence-electron chi connectivity index (χ1n) is 10.1. The van der Waals surface area contributed by atoms with E-state index >= 15 is 0 Å². The normalized spacial score (nSPS) is 13.5. The SMILES string of the molecule is CN(C)Cc1nc(N2CCc3c(sc(N)c3C#N)C2)c2c(-c3ccccc3)csc2n1. The van der Waals surface area contributed by atoms with E-state index < -0.39 is 0 Å². The number of nitrogens with zero attached hydrogens (tertiary/aromatic N) is 5. The molecule has 4 aromatic rings. The highest BCUT2D eigenvalue weighted by atomic mass is 32.1. The van der Waals surface area contributed by atoms with Gasteiger partial charge in [-0.3, -0.25) is 0 Å². The molecule has 8 heteroatoms. The zero-order valence-corrected chi connectivity index (χ0v) is 19.1. The van der Waals surface area contributed by atoms with Gasteiger partial charge in [-0.1, -0.05) is 30.3 Å². The van der Waals surface area contributed by atoms with Crippen LogP contribution in [-0.2, 0) is 19.5 Å². The van der Waals surface area contributed by atoms with Crippen LogP contribution in [0.3, 0.4) is 0 Å². The van der Waals surface area contributed by atoms with Gasteiger partial charge in [-0.15, -0.1) is 22.7 Å². The molecule has 1 aliphatic rings. The van der Waals surface area contributed by atoms with Crippen LogP contribution in [0.5, 0.6) is 0 Å². The summed E-state index contributed by atoms with van der Waals surface area (Å²) in [5, 5.41) is 13.4. The molecule has 0 bridgehead atoms. The first-order valence-corrected chi connectivity index (χ1v) is 11.8. The van der Waals surface area contributed by atoms with E-state index in [9.17, 15) is 5.26 Å². The van der Waals surface area contributed by atoms with E-state index in [4.69, 9.17) is 15.7 Å². The van der Waals surface area contributed by atoms with Gasteiger partial charge in [0.15, 0.2) is 0 Å². The number of thiophene rings is 2. The van der Waals surface area contributed by atoms with Gasteiger partial charge in [-0.25, -0.2) is 9.97 Å². The van der Waals surface area contributed by atoms with E-state index in [1.807, 2.05) is 20.2 Å². The molecule has 31 heavy (non-hydrogen) atoms. The maximum atomic E-state index is 9.48. The van der Waals surface area contributed by atoms with E-state index in [0.29, 0.717) is 23.7 Å². The van der Waals surface area contributed by atoms with Crippen molar-refractivity contribution in [3.8, 4) is 17.2 Å². The average molecular weight is 447 g/mol. The number of nitrogen functional groups attached to an aromatic ring is 1. The molecule has 0 amide bonds. The summed E-state index contributed by atoms with van der Waals surface area (Å²) in [5.74, 6) is 1.79. The highest BCUT2D eigenvalue weighted by molar-refractivity contribution is 7.17. The molecule has 0 radical (unpaired) electrons. The van der Waals surface area contributed by atoms with Crippen molar-refractivity contribution in [2.75, 3.05) is 31.3 Å². The van der Waals surface area contributed by atoms with E-state index in [0.717, 1.165) is 45.3 Å². The number of rotatable bonds is 4. The lowest BCUT2D eigenvalue weighted by Crippen LogP contribution is -2.31. The molecule has 2 N–H and O–H groups in total. The molecule has 0 fully saturated rings. The fraction of sp³-hybridized carbons (Fsp3) is 0.261. The highest BCUT2D eigenvalue weighted by Crippen LogP contribution is 2.41. The summed E-state index contributed by atoms with van der Waals surface area (Å²) in [7, 11) is 4.06. The first kappa shape index (κ1) is 19.9. The molecule has 6 nitrogen and oxygen atoms in total. The van der Waals surface area contributed by atoms with Crippen molar-refractivity contribution in [3.63, 3.8) is 0 Å². The van der Waals surface area contributed by atoms with Crippen LogP contribution in [0.4, 0.5) is 10.8 Å². The van der Waals surface area contributed by atoms with E-state index in [1.54, 1.807) is 11.3 Å². The van der Waals surface area contributed by atoms with Gasteiger partial charge in [0, 0.05) is 22.4 Å². The predicted octanol–water partition coefficient (Wildman–Crippen LogP) is 4.50. The van der Waals surface area contributed by atoms with Crippen LogP contribution in [0, 0.1) is 11.3 Å². The number of benzene rings is 1. The Labute approximate surface area is 189 Å². The molecule has 0 atom stereocenters. The third-order valence-corrected chi connectivity index (χ3v) is 7.42. The van der Waals surface area contributed by atoms with Crippen LogP contribution in [-0.4, -0.2) is 35.5 Å². The van der Waals surface area contributed by atoms with Crippen LogP contribution in [0.15, 0.2) is 35.7 Å². The predicted molar refractivity (Wildman–Crippen MR) is 128 cm³/mol. The maximum Gasteiger partial charge on any atom is 0.146 e. The van der Waals surface area contributed by atoms with E-state index in [1.165, 1.54) is 22.5 Å². The van der Waals surface area contributed by atoms with Crippen molar-refractivity contribution in [1.82, 2.24) is 14.9 Å². The molecule has 156 valence electrons. The second-order valence-electron chi connectivity index (χ2n) is 7.92. The number of nitrogens with two attached hydrogens (primary N) is 1. The molecule has 0 unspecified atom stereocenters. The fourth-order valence-corrected chi connectivity index (χ4v) is 6.15. The van der Waals surface area contributed by atoms with E-state index in [2.05, 4.69) is 45.5 Å². The molecule has 0 aliphatic carbocycles. The van der Waals surface area contributed by atoms with Gasteiger partial charge in [0.25, 0.3) is 0 Å². The van der Waals surface area contributed by atoms with Crippen LogP contribution in [0.2, 0.25) is 0 Å². The van der Waals surface area contributed by atoms with Crippen LogP contribution < -0.4 is 10.6 Å². The van der Waals surface area contributed by atoms with Gasteiger partial charge in [-0.2, -0.15) is 5.26 Å². The second-order valence-corrected chi connectivity index (χ2v) is 9.92. The Bertz CT molecular complexity index is 1300. The summed E-state index contributed by atoms with van der Waals surface area (Å²) in [5.41, 5.74) is 10.2. The summed E-state index contributed by atoms with van der Waals surface area (Å²) in [6, 6.07) is 12.7. The molecule has 0 spiro atoms. The van der Waals surface area contributed by atoms with Crippen LogP contribution >= 0.6 is 22.7 Å². The monoisotopic (exact) mass is 446 g/mol. The third-order valence-electron chi connectivity index (χ3n) is 5.50. The van der Waals surface area contributed by atoms with Crippen LogP contribution in [0.25, 0.3) is 21.3 Å². The van der Waals surface area contributed by atoms with Gasteiger partial charge in [-0.05, 0) is 31.6 Å². The summed E-state index contributed by atoms with van der Waals surface area (Å²) in [6.45, 7) is 2.20. The molecule has 0 saturated carbocycles. The van der Waals surface area contributed by atoms with E-state index in [-0.39, 0.29) is 0 Å². The largest absolute Gasteiger partial charge is 0.389 e. The molecule has 4 heterocycles. The lowest BCUT2D eigenvalue weighted by molar-refractivity contribution is 0.391. The second kappa shape index (κ2) is 7.93. The standard InChI is InChI=1S/C23H22N6S2/c1-28(2)12-19-26-22(29-9-8-15-16(10-24)21(25)31-18(15)11-29)20-17(13-30-23(20)27-19)14-6-4-3-5-7-14/h3-7,13H,8-9,11-12,25H2,1-2H3. The van der Waals surface area contributed by atoms with Gasteiger partial charge in [0.05, 0.1) is 24.0 Å². The lowest BCUT2D eigenvalue weighted by Gasteiger charge is -2.29. The summed E-state index contributed by atoms with van der Waals surface area (Å²) >= 11 is 3.19. The molecular formula is C23H22N6S2. The summed E-state index contributed by atoms with van der Waals surface area (Å²) in [4.78, 5) is 16.5. The van der Waals surface area contributed by atoms with Crippen LogP contribution in [0.1, 0.15) is 21.8 Å².